The number of ether oxygens (including phenoxy) is 1. The number of rotatable bonds is 9. The van der Waals surface area contributed by atoms with Crippen LogP contribution in [-0.2, 0) is 24.3 Å². The zero-order valence-electron chi connectivity index (χ0n) is 19.4. The Labute approximate surface area is 186 Å². The van der Waals surface area contributed by atoms with Crippen molar-refractivity contribution in [2.75, 3.05) is 26.7 Å². The lowest BCUT2D eigenvalue weighted by atomic mass is 9.97. The van der Waals surface area contributed by atoms with Gasteiger partial charge in [0.25, 0.3) is 0 Å². The molecule has 2 rings (SSSR count). The first-order chi connectivity index (χ1) is 14.6. The van der Waals surface area contributed by atoms with Crippen molar-refractivity contribution in [3.05, 3.63) is 28.3 Å². The van der Waals surface area contributed by atoms with Crippen molar-refractivity contribution in [3.8, 4) is 0 Å². The summed E-state index contributed by atoms with van der Waals surface area (Å²) in [5.41, 5.74) is 3.55. The number of piperidine rings is 1. The van der Waals surface area contributed by atoms with Crippen LogP contribution in [0.5, 0.6) is 0 Å². The average Bonchev–Trinajstić information content (AvgIpc) is 2.74. The van der Waals surface area contributed by atoms with Gasteiger partial charge in [0.15, 0.2) is 0 Å². The average molecular weight is 453 g/mol. The third-order valence-electron chi connectivity index (χ3n) is 6.30. The van der Waals surface area contributed by atoms with E-state index in [9.17, 15) is 18.0 Å². The summed E-state index contributed by atoms with van der Waals surface area (Å²) in [6, 6.07) is 2.02. The van der Waals surface area contributed by atoms with Crippen LogP contribution in [0.2, 0.25) is 0 Å². The highest BCUT2D eigenvalue weighted by atomic mass is 32.2. The van der Waals surface area contributed by atoms with Gasteiger partial charge in [-0.2, -0.15) is 4.31 Å². The number of nitrogens with zero attached hydrogens (tertiary/aromatic N) is 1. The number of nitrogens with one attached hydrogen (secondary N) is 1. The highest BCUT2D eigenvalue weighted by Gasteiger charge is 2.34. The van der Waals surface area contributed by atoms with Crippen molar-refractivity contribution in [1.82, 2.24) is 9.62 Å². The lowest BCUT2D eigenvalue weighted by Gasteiger charge is -2.31. The van der Waals surface area contributed by atoms with Crippen molar-refractivity contribution in [2.45, 2.75) is 71.1 Å². The fraction of sp³-hybridized carbons (Fsp3) is 0.652. The van der Waals surface area contributed by atoms with Crippen molar-refractivity contribution >= 4 is 21.9 Å². The van der Waals surface area contributed by atoms with E-state index in [0.29, 0.717) is 43.8 Å². The molecule has 0 aromatic heterocycles. The predicted molar refractivity (Wildman–Crippen MR) is 120 cm³/mol. The highest BCUT2D eigenvalue weighted by molar-refractivity contribution is 7.89. The van der Waals surface area contributed by atoms with Gasteiger partial charge in [0.1, 0.15) is 0 Å². The SMILES string of the molecule is COC(=O)CCCCCNC(=O)C1CCN(S(=O)(=O)c2c(C)c(C)cc(C)c2C)CC1. The topological polar surface area (TPSA) is 92.8 Å². The fourth-order valence-electron chi connectivity index (χ4n) is 4.08. The van der Waals surface area contributed by atoms with Crippen molar-refractivity contribution in [3.63, 3.8) is 0 Å². The lowest BCUT2D eigenvalue weighted by Crippen LogP contribution is -2.43. The predicted octanol–water partition coefficient (Wildman–Crippen LogP) is 3.17. The van der Waals surface area contributed by atoms with E-state index >= 15 is 0 Å². The molecule has 1 aliphatic heterocycles. The normalized spacial score (nSPS) is 15.6. The van der Waals surface area contributed by atoms with Crippen molar-refractivity contribution < 1.29 is 22.7 Å². The van der Waals surface area contributed by atoms with E-state index in [1.165, 1.54) is 11.4 Å². The molecule has 1 heterocycles. The molecule has 31 heavy (non-hydrogen) atoms. The number of carbonyl (C=O) groups excluding carboxylic acids is 2. The minimum atomic E-state index is -3.59. The molecule has 0 aliphatic carbocycles. The highest BCUT2D eigenvalue weighted by Crippen LogP contribution is 2.31. The Morgan fingerprint density at radius 1 is 1.03 bits per heavy atom. The van der Waals surface area contributed by atoms with Crippen LogP contribution in [0.3, 0.4) is 0 Å². The summed E-state index contributed by atoms with van der Waals surface area (Å²) in [6.07, 6.45) is 3.85. The van der Waals surface area contributed by atoms with Crippen molar-refractivity contribution in [1.29, 1.82) is 0 Å². The van der Waals surface area contributed by atoms with Crippen LogP contribution in [0, 0.1) is 33.6 Å². The van der Waals surface area contributed by atoms with E-state index in [-0.39, 0.29) is 17.8 Å². The number of sulfonamides is 1. The summed E-state index contributed by atoms with van der Waals surface area (Å²) in [6.45, 7) is 8.87. The molecule has 0 unspecified atom stereocenters. The molecule has 1 saturated heterocycles. The van der Waals surface area contributed by atoms with Gasteiger partial charge in [-0.3, -0.25) is 9.59 Å². The van der Waals surface area contributed by atoms with Gasteiger partial charge in [-0.1, -0.05) is 12.5 Å². The number of hydrogen-bond donors (Lipinski definition) is 1. The molecule has 0 radical (unpaired) electrons. The number of hydrogen-bond acceptors (Lipinski definition) is 5. The molecule has 0 spiro atoms. The Kier molecular flexibility index (Phi) is 9.06. The van der Waals surface area contributed by atoms with Gasteiger partial charge >= 0.3 is 5.97 Å². The summed E-state index contributed by atoms with van der Waals surface area (Å²) in [4.78, 5) is 24.0. The number of esters is 1. The number of unbranched alkanes of at least 4 members (excludes halogenated alkanes) is 2. The molecule has 1 aromatic rings. The van der Waals surface area contributed by atoms with Crippen LogP contribution in [0.1, 0.15) is 60.8 Å². The molecular formula is C23H36N2O5S. The lowest BCUT2D eigenvalue weighted by molar-refractivity contribution is -0.140. The van der Waals surface area contributed by atoms with E-state index in [1.54, 1.807) is 0 Å². The maximum Gasteiger partial charge on any atom is 0.305 e. The molecule has 0 saturated carbocycles. The number of carbonyl (C=O) groups is 2. The Morgan fingerprint density at radius 3 is 2.16 bits per heavy atom. The molecule has 1 aliphatic rings. The molecule has 1 fully saturated rings. The van der Waals surface area contributed by atoms with Gasteiger partial charge in [-0.15, -0.1) is 0 Å². The second-order valence-electron chi connectivity index (χ2n) is 8.45. The molecule has 0 bridgehead atoms. The van der Waals surface area contributed by atoms with Crippen LogP contribution in [0.4, 0.5) is 0 Å². The van der Waals surface area contributed by atoms with Gasteiger partial charge in [-0.25, -0.2) is 8.42 Å². The molecule has 1 amide bonds. The Bertz CT molecular complexity index is 877. The molecule has 174 valence electrons. The third-order valence-corrected chi connectivity index (χ3v) is 8.48. The number of amides is 1. The zero-order chi connectivity index (χ0) is 23.2. The Hall–Kier alpha value is -1.93. The van der Waals surface area contributed by atoms with Crippen LogP contribution >= 0.6 is 0 Å². The largest absolute Gasteiger partial charge is 0.469 e. The molecule has 1 aromatic carbocycles. The maximum atomic E-state index is 13.3. The van der Waals surface area contributed by atoms with E-state index in [0.717, 1.165) is 41.5 Å². The first-order valence-electron chi connectivity index (χ1n) is 11.0. The standard InChI is InChI=1S/C23H36N2O5S/c1-16-15-17(2)19(4)22(18(16)3)31(28,29)25-13-10-20(11-14-25)23(27)24-12-8-6-7-9-21(26)30-5/h15,20H,6-14H2,1-5H3,(H,24,27). The molecular weight excluding hydrogens is 416 g/mol. The Balaban J connectivity index is 1.87. The van der Waals surface area contributed by atoms with E-state index in [1.807, 2.05) is 33.8 Å². The minimum absolute atomic E-state index is 0.0104. The summed E-state index contributed by atoms with van der Waals surface area (Å²) in [5, 5.41) is 2.95. The quantitative estimate of drug-likeness (QED) is 0.459. The van der Waals surface area contributed by atoms with E-state index < -0.39 is 10.0 Å². The molecule has 0 atom stereocenters. The van der Waals surface area contributed by atoms with Gasteiger partial charge in [-0.05, 0) is 75.6 Å². The van der Waals surface area contributed by atoms with Gasteiger partial charge < -0.3 is 10.1 Å². The third kappa shape index (κ3) is 6.29. The number of methoxy groups -OCH3 is 1. The van der Waals surface area contributed by atoms with E-state index in [4.69, 9.17) is 0 Å². The maximum absolute atomic E-state index is 13.3. The minimum Gasteiger partial charge on any atom is -0.469 e. The first kappa shape index (κ1) is 25.3. The number of benzene rings is 1. The molecule has 7 nitrogen and oxygen atoms in total. The van der Waals surface area contributed by atoms with E-state index in [2.05, 4.69) is 10.1 Å². The number of aryl methyl sites for hydroxylation is 2. The smallest absolute Gasteiger partial charge is 0.305 e. The molecule has 1 N–H and O–H groups in total. The fourth-order valence-corrected chi connectivity index (χ4v) is 6.13. The van der Waals surface area contributed by atoms with Crippen molar-refractivity contribution in [2.24, 2.45) is 5.92 Å². The summed E-state index contributed by atoms with van der Waals surface area (Å²) >= 11 is 0. The van der Waals surface area contributed by atoms with Gasteiger partial charge in [0.2, 0.25) is 15.9 Å². The molecule has 8 heteroatoms. The Morgan fingerprint density at radius 2 is 1.61 bits per heavy atom. The second kappa shape index (κ2) is 11.1. The summed E-state index contributed by atoms with van der Waals surface area (Å²) < 4.78 is 32.8. The zero-order valence-corrected chi connectivity index (χ0v) is 20.2. The summed E-state index contributed by atoms with van der Waals surface area (Å²) in [5.74, 6) is -0.385. The van der Waals surface area contributed by atoms with Crippen LogP contribution in [0.25, 0.3) is 0 Å². The van der Waals surface area contributed by atoms with Crippen LogP contribution in [-0.4, -0.2) is 51.3 Å². The first-order valence-corrected chi connectivity index (χ1v) is 12.5. The van der Waals surface area contributed by atoms with Gasteiger partial charge in [0.05, 0.1) is 12.0 Å². The summed E-state index contributed by atoms with van der Waals surface area (Å²) in [7, 11) is -2.21. The van der Waals surface area contributed by atoms with Gasteiger partial charge in [0, 0.05) is 32.0 Å². The monoisotopic (exact) mass is 452 g/mol. The van der Waals surface area contributed by atoms with Crippen LogP contribution < -0.4 is 5.32 Å². The second-order valence-corrected chi connectivity index (χ2v) is 10.3. The van der Waals surface area contributed by atoms with Crippen LogP contribution in [0.15, 0.2) is 11.0 Å².